The second-order valence-corrected chi connectivity index (χ2v) is 9.96. The summed E-state index contributed by atoms with van der Waals surface area (Å²) in [5.41, 5.74) is 1.47. The van der Waals surface area contributed by atoms with Crippen LogP contribution in [-0.4, -0.2) is 45.5 Å². The maximum Gasteiger partial charge on any atom is 0.391 e. The number of benzene rings is 2. The molecule has 1 saturated heterocycles. The molecule has 1 amide bonds. The summed E-state index contributed by atoms with van der Waals surface area (Å²) in [7, 11) is 0. The lowest BCUT2D eigenvalue weighted by atomic mass is 9.90. The fourth-order valence-corrected chi connectivity index (χ4v) is 5.06. The van der Waals surface area contributed by atoms with Crippen LogP contribution in [0.3, 0.4) is 0 Å². The summed E-state index contributed by atoms with van der Waals surface area (Å²) in [5, 5.41) is 21.5. The van der Waals surface area contributed by atoms with Gasteiger partial charge in [-0.25, -0.2) is 0 Å². The number of fused-ring (bicyclic) bond motifs is 1. The molecule has 0 saturated carbocycles. The van der Waals surface area contributed by atoms with E-state index in [0.29, 0.717) is 6.42 Å². The van der Waals surface area contributed by atoms with Gasteiger partial charge in [0.05, 0.1) is 18.6 Å². The van der Waals surface area contributed by atoms with Crippen LogP contribution in [-0.2, 0) is 11.2 Å². The van der Waals surface area contributed by atoms with Crippen molar-refractivity contribution >= 4 is 17.6 Å². The van der Waals surface area contributed by atoms with Crippen molar-refractivity contribution in [3.8, 4) is 0 Å². The normalized spacial score (nSPS) is 22.5. The Morgan fingerprint density at radius 2 is 1.94 bits per heavy atom. The van der Waals surface area contributed by atoms with Crippen LogP contribution in [0.15, 0.2) is 48.5 Å². The molecule has 2 aromatic carbocycles. The summed E-state index contributed by atoms with van der Waals surface area (Å²) in [6.07, 6.45) is -6.27. The molecule has 186 valence electrons. The van der Waals surface area contributed by atoms with Crippen molar-refractivity contribution in [2.45, 2.75) is 69.3 Å². The molecule has 6 nitrogen and oxygen atoms in total. The second-order valence-electron chi connectivity index (χ2n) is 9.96. The van der Waals surface area contributed by atoms with E-state index in [-0.39, 0.29) is 29.8 Å². The molecule has 35 heavy (non-hydrogen) atoms. The van der Waals surface area contributed by atoms with E-state index in [2.05, 4.69) is 5.32 Å². The Morgan fingerprint density at radius 3 is 2.63 bits per heavy atom. The van der Waals surface area contributed by atoms with Gasteiger partial charge in [-0.3, -0.25) is 19.9 Å². The first-order valence-corrected chi connectivity index (χ1v) is 11.5. The van der Waals surface area contributed by atoms with Gasteiger partial charge in [0.1, 0.15) is 0 Å². The fourth-order valence-electron chi connectivity index (χ4n) is 5.06. The van der Waals surface area contributed by atoms with Gasteiger partial charge in [0.25, 0.3) is 0 Å². The third-order valence-corrected chi connectivity index (χ3v) is 6.64. The zero-order valence-corrected chi connectivity index (χ0v) is 19.5. The lowest BCUT2D eigenvalue weighted by Gasteiger charge is -2.42. The van der Waals surface area contributed by atoms with Crippen LogP contribution in [0.25, 0.3) is 0 Å². The monoisotopic (exact) mass is 487 g/mol. The molecule has 4 rings (SSSR count). The molecule has 1 aliphatic carbocycles. The van der Waals surface area contributed by atoms with E-state index in [4.69, 9.17) is 5.41 Å². The van der Waals surface area contributed by atoms with Crippen LogP contribution in [0, 0.1) is 5.41 Å². The number of Topliss-reactive ketones (excluding diaryl/α,β-unsaturated/α-hetero) is 1. The van der Waals surface area contributed by atoms with E-state index >= 15 is 0 Å². The second kappa shape index (κ2) is 9.11. The molecule has 2 aliphatic rings. The fraction of sp³-hybridized carbons (Fsp3) is 0.423. The van der Waals surface area contributed by atoms with Crippen LogP contribution < -0.4 is 5.32 Å². The van der Waals surface area contributed by atoms with Gasteiger partial charge >= 0.3 is 6.18 Å². The molecule has 1 heterocycles. The Morgan fingerprint density at radius 1 is 1.23 bits per heavy atom. The Labute approximate surface area is 201 Å². The number of carbonyl (C=O) groups excluding carboxylic acids is 2. The summed E-state index contributed by atoms with van der Waals surface area (Å²) in [6, 6.07) is 11.8. The molecule has 2 aromatic rings. The van der Waals surface area contributed by atoms with E-state index < -0.39 is 48.1 Å². The lowest BCUT2D eigenvalue weighted by molar-refractivity contribution is -0.152. The zero-order valence-electron chi connectivity index (χ0n) is 19.5. The van der Waals surface area contributed by atoms with Crippen molar-refractivity contribution < 1.29 is 27.9 Å². The number of alkyl halides is 3. The molecule has 9 heteroatoms. The molecular weight excluding hydrogens is 459 g/mol. The number of halogens is 3. The van der Waals surface area contributed by atoms with Gasteiger partial charge in [0, 0.05) is 29.9 Å². The van der Waals surface area contributed by atoms with Crippen LogP contribution in [0.4, 0.5) is 13.2 Å². The number of hydrogen-bond acceptors (Lipinski definition) is 4. The predicted molar refractivity (Wildman–Crippen MR) is 124 cm³/mol. The van der Waals surface area contributed by atoms with Crippen LogP contribution in [0.2, 0.25) is 0 Å². The number of guanidine groups is 1. The van der Waals surface area contributed by atoms with Crippen LogP contribution in [0.1, 0.15) is 72.1 Å². The largest absolute Gasteiger partial charge is 0.392 e. The number of rotatable bonds is 6. The third kappa shape index (κ3) is 5.40. The van der Waals surface area contributed by atoms with Gasteiger partial charge in [-0.05, 0) is 43.0 Å². The molecule has 0 spiro atoms. The number of nitrogens with one attached hydrogen (secondary N) is 2. The summed E-state index contributed by atoms with van der Waals surface area (Å²) in [6.45, 7) is 3.40. The van der Waals surface area contributed by atoms with E-state index in [9.17, 15) is 27.9 Å². The molecule has 0 bridgehead atoms. The Kier molecular flexibility index (Phi) is 6.48. The predicted octanol–water partition coefficient (Wildman–Crippen LogP) is 4.49. The molecule has 1 aliphatic heterocycles. The van der Waals surface area contributed by atoms with Crippen molar-refractivity contribution in [3.05, 3.63) is 70.8 Å². The number of aliphatic hydroxyl groups is 1. The van der Waals surface area contributed by atoms with Gasteiger partial charge in [0.2, 0.25) is 5.91 Å². The highest BCUT2D eigenvalue weighted by Gasteiger charge is 2.43. The minimum Gasteiger partial charge on any atom is -0.392 e. The molecular formula is C26H28F3N3O3. The first kappa shape index (κ1) is 24.9. The number of amides is 1. The number of nitrogens with zero attached hydrogens (tertiary/aromatic N) is 1. The summed E-state index contributed by atoms with van der Waals surface area (Å²) < 4.78 is 40.6. The van der Waals surface area contributed by atoms with Gasteiger partial charge in [0.15, 0.2) is 11.7 Å². The van der Waals surface area contributed by atoms with Crippen LogP contribution >= 0.6 is 0 Å². The Hall–Kier alpha value is -3.20. The standard InChI is InChI=1S/C26H28F3N3O3/c1-25(2)14-23(35)32(24(30)31-25)20(13-26(27,28)29)16-7-5-8-17(10-16)21(33)12-19-18-9-4-3-6-15(18)11-22(19)34/h3-10,19-20,22,34H,11-14H2,1-2H3,(H2,30,31)/t19-,20?,22-/m1/s1. The maximum atomic E-state index is 13.5. The first-order valence-electron chi connectivity index (χ1n) is 11.5. The summed E-state index contributed by atoms with van der Waals surface area (Å²) >= 11 is 0. The van der Waals surface area contributed by atoms with Crippen molar-refractivity contribution in [2.75, 3.05) is 0 Å². The molecule has 1 unspecified atom stereocenters. The summed E-state index contributed by atoms with van der Waals surface area (Å²) in [5.74, 6) is -1.69. The topological polar surface area (TPSA) is 93.5 Å². The summed E-state index contributed by atoms with van der Waals surface area (Å²) in [4.78, 5) is 26.8. The third-order valence-electron chi connectivity index (χ3n) is 6.64. The molecule has 0 aromatic heterocycles. The molecule has 0 radical (unpaired) electrons. The average Bonchev–Trinajstić information content (AvgIpc) is 3.06. The lowest BCUT2D eigenvalue weighted by Crippen LogP contribution is -2.60. The smallest absolute Gasteiger partial charge is 0.391 e. The molecule has 1 fully saturated rings. The van der Waals surface area contributed by atoms with Crippen molar-refractivity contribution in [3.63, 3.8) is 0 Å². The van der Waals surface area contributed by atoms with E-state index in [1.165, 1.54) is 24.3 Å². The number of hydrogen-bond donors (Lipinski definition) is 3. The van der Waals surface area contributed by atoms with E-state index in [1.807, 2.05) is 24.3 Å². The first-order chi connectivity index (χ1) is 16.3. The van der Waals surface area contributed by atoms with Crippen LogP contribution in [0.5, 0.6) is 0 Å². The SMILES string of the molecule is CC1(C)CC(=O)N(C(CC(F)(F)F)c2cccc(C(=O)C[C@@H]3c4ccccc4C[C@H]3O)c2)C(=N)N1. The highest BCUT2D eigenvalue weighted by molar-refractivity contribution is 6.00. The van der Waals surface area contributed by atoms with Crippen molar-refractivity contribution in [2.24, 2.45) is 0 Å². The number of aliphatic hydroxyl groups excluding tert-OH is 1. The van der Waals surface area contributed by atoms with Gasteiger partial charge in [-0.2, -0.15) is 13.2 Å². The average molecular weight is 488 g/mol. The van der Waals surface area contributed by atoms with E-state index in [1.54, 1.807) is 13.8 Å². The molecule has 3 atom stereocenters. The highest BCUT2D eigenvalue weighted by Crippen LogP contribution is 2.38. The zero-order chi connectivity index (χ0) is 25.5. The number of carbonyl (C=O) groups is 2. The minimum atomic E-state index is -4.60. The van der Waals surface area contributed by atoms with E-state index in [0.717, 1.165) is 16.0 Å². The van der Waals surface area contributed by atoms with Crippen molar-refractivity contribution in [1.82, 2.24) is 10.2 Å². The van der Waals surface area contributed by atoms with Gasteiger partial charge in [-0.15, -0.1) is 0 Å². The molecule has 3 N–H and O–H groups in total. The van der Waals surface area contributed by atoms with Gasteiger partial charge in [-0.1, -0.05) is 42.5 Å². The quantitative estimate of drug-likeness (QED) is 0.524. The Balaban J connectivity index is 1.62. The minimum absolute atomic E-state index is 0.0137. The maximum absolute atomic E-state index is 13.5. The van der Waals surface area contributed by atoms with Gasteiger partial charge < -0.3 is 10.4 Å². The highest BCUT2D eigenvalue weighted by atomic mass is 19.4. The number of ketones is 1. The van der Waals surface area contributed by atoms with Crippen molar-refractivity contribution in [1.29, 1.82) is 5.41 Å². The Bertz CT molecular complexity index is 1140.